The van der Waals surface area contributed by atoms with Crippen LogP contribution in [0.4, 0.5) is 0 Å². The lowest BCUT2D eigenvalue weighted by Gasteiger charge is -2.31. The minimum absolute atomic E-state index is 0.0452. The summed E-state index contributed by atoms with van der Waals surface area (Å²) in [5.41, 5.74) is 0. The lowest BCUT2D eigenvalue weighted by atomic mass is 9.79. The average Bonchev–Trinajstić information content (AvgIpc) is 3.53. The molecule has 0 aromatic carbocycles. The van der Waals surface area contributed by atoms with Crippen molar-refractivity contribution in [3.63, 3.8) is 0 Å². The van der Waals surface area contributed by atoms with Crippen LogP contribution in [0, 0.1) is 71.0 Å². The standard InChI is InChI=1S/C22H24O8S2/c23-31-27-19-11-3-1-4-8-7(3)15(19)25-16(8)20(12(4)11)28-32(24)30-22-14-6-2-5-9-10(6)18(22)26-17(9)21(29-31)13(5)14/h3-22H,1-2H2/t3-,4-,5-,6-,7+,8+,9+,10+,11-,12+,13+,14+,15+,16-,17-,18+,19-,20+,21+,22-,31?,32?/m0/s1. The van der Waals surface area contributed by atoms with Crippen LogP contribution in [-0.2, 0) is 48.9 Å². The second-order valence-electron chi connectivity index (χ2n) is 12.5. The molecule has 8 nitrogen and oxygen atoms in total. The molecule has 172 valence electrons. The van der Waals surface area contributed by atoms with Gasteiger partial charge in [-0.2, -0.15) is 8.42 Å². The third kappa shape index (κ3) is 1.55. The molecule has 11 fully saturated rings. The molecule has 0 spiro atoms. The molecule has 0 radical (unpaired) electrons. The number of hydrogen-bond donors (Lipinski definition) is 0. The molecular weight excluding hydrogens is 456 g/mol. The summed E-state index contributed by atoms with van der Waals surface area (Å²) in [6.45, 7) is 0. The van der Waals surface area contributed by atoms with Crippen molar-refractivity contribution < 1.29 is 34.6 Å². The Hall–Kier alpha value is 0.0600. The Balaban J connectivity index is 1.05. The Morgan fingerprint density at radius 1 is 0.406 bits per heavy atom. The van der Waals surface area contributed by atoms with E-state index in [0.29, 0.717) is 47.3 Å². The molecule has 10 heteroatoms. The molecular formula is C22H24O8S2. The highest BCUT2D eigenvalue weighted by Crippen LogP contribution is 2.77. The van der Waals surface area contributed by atoms with Crippen molar-refractivity contribution in [3.05, 3.63) is 0 Å². The van der Waals surface area contributed by atoms with Crippen LogP contribution in [0.1, 0.15) is 12.8 Å². The van der Waals surface area contributed by atoms with Gasteiger partial charge in [-0.15, -0.1) is 0 Å². The van der Waals surface area contributed by atoms with E-state index in [2.05, 4.69) is 0 Å². The second-order valence-corrected chi connectivity index (χ2v) is 14.1. The monoisotopic (exact) mass is 480 g/mol. The van der Waals surface area contributed by atoms with Gasteiger partial charge in [0.1, 0.15) is 24.4 Å². The quantitative estimate of drug-likeness (QED) is 0.496. The molecule has 11 rings (SSSR count). The molecule has 4 bridgehead atoms. The van der Waals surface area contributed by atoms with Crippen LogP contribution in [0.25, 0.3) is 0 Å². The van der Waals surface area contributed by atoms with E-state index in [1.165, 1.54) is 12.8 Å². The Morgan fingerprint density at radius 2 is 0.656 bits per heavy atom. The van der Waals surface area contributed by atoms with E-state index in [-0.39, 0.29) is 72.5 Å². The van der Waals surface area contributed by atoms with Gasteiger partial charge < -0.3 is 9.47 Å². The van der Waals surface area contributed by atoms with Gasteiger partial charge in [-0.05, 0) is 83.9 Å². The van der Waals surface area contributed by atoms with Crippen LogP contribution < -0.4 is 0 Å². The van der Waals surface area contributed by atoms with E-state index in [0.717, 1.165) is 0 Å². The number of hydrogen-bond acceptors (Lipinski definition) is 8. The van der Waals surface area contributed by atoms with Crippen LogP contribution in [-0.4, -0.2) is 57.2 Å². The Morgan fingerprint density at radius 3 is 0.938 bits per heavy atom. The Bertz CT molecular complexity index is 887. The largest absolute Gasteiger partial charge is 0.369 e. The number of rotatable bonds is 0. The summed E-state index contributed by atoms with van der Waals surface area (Å²) in [6, 6.07) is 0. The zero-order valence-electron chi connectivity index (χ0n) is 17.0. The van der Waals surface area contributed by atoms with E-state index >= 15 is 0 Å². The molecule has 0 aromatic heterocycles. The molecule has 22 atom stereocenters. The smallest absolute Gasteiger partial charge is 0.305 e. The van der Waals surface area contributed by atoms with Crippen molar-refractivity contribution in [2.45, 2.75) is 61.7 Å². The van der Waals surface area contributed by atoms with Crippen molar-refractivity contribution in [3.8, 4) is 0 Å². The molecule has 0 aromatic rings. The molecule has 3 aliphatic heterocycles. The highest BCUT2D eigenvalue weighted by atomic mass is 32.2. The van der Waals surface area contributed by atoms with Gasteiger partial charge >= 0.3 is 22.7 Å². The third-order valence-electron chi connectivity index (χ3n) is 12.5. The summed E-state index contributed by atoms with van der Waals surface area (Å²) in [5, 5.41) is 0. The lowest BCUT2D eigenvalue weighted by Crippen LogP contribution is -2.40. The predicted octanol–water partition coefficient (Wildman–Crippen LogP) is 0.516. The van der Waals surface area contributed by atoms with Gasteiger partial charge in [-0.3, -0.25) is 16.7 Å². The maximum Gasteiger partial charge on any atom is 0.305 e. The van der Waals surface area contributed by atoms with Crippen molar-refractivity contribution in [1.82, 2.24) is 0 Å². The molecule has 8 aliphatic carbocycles. The molecule has 3 saturated heterocycles. The first kappa shape index (κ1) is 17.5. The topological polar surface area (TPSA) is 89.5 Å². The number of ether oxygens (including phenoxy) is 2. The van der Waals surface area contributed by atoms with Crippen molar-refractivity contribution in [1.29, 1.82) is 0 Å². The zero-order valence-corrected chi connectivity index (χ0v) is 18.7. The first-order valence-corrected chi connectivity index (χ1v) is 14.5. The summed E-state index contributed by atoms with van der Waals surface area (Å²) in [6.07, 6.45) is 1.25. The van der Waals surface area contributed by atoms with Crippen LogP contribution in [0.15, 0.2) is 0 Å². The van der Waals surface area contributed by atoms with Crippen molar-refractivity contribution in [2.75, 3.05) is 0 Å². The zero-order chi connectivity index (χ0) is 20.4. The minimum Gasteiger partial charge on any atom is -0.369 e. The van der Waals surface area contributed by atoms with Crippen LogP contribution in [0.2, 0.25) is 0 Å². The van der Waals surface area contributed by atoms with Gasteiger partial charge in [0.25, 0.3) is 0 Å². The molecule has 2 unspecified atom stereocenters. The fraction of sp³-hybridized carbons (Fsp3) is 1.00. The fourth-order valence-electron chi connectivity index (χ4n) is 12.6. The average molecular weight is 481 g/mol. The van der Waals surface area contributed by atoms with E-state index in [1.54, 1.807) is 0 Å². The Labute approximate surface area is 190 Å². The van der Waals surface area contributed by atoms with E-state index in [9.17, 15) is 8.42 Å². The van der Waals surface area contributed by atoms with Crippen LogP contribution >= 0.6 is 0 Å². The van der Waals surface area contributed by atoms with E-state index in [4.69, 9.17) is 26.2 Å². The van der Waals surface area contributed by atoms with Crippen LogP contribution in [0.3, 0.4) is 0 Å². The number of fused-ring (bicyclic) bond motifs is 4. The van der Waals surface area contributed by atoms with E-state index < -0.39 is 22.7 Å². The maximum absolute atomic E-state index is 13.3. The molecule has 8 saturated carbocycles. The summed E-state index contributed by atoms with van der Waals surface area (Å²) in [7, 11) is 0. The van der Waals surface area contributed by atoms with Crippen LogP contribution in [0.5, 0.6) is 0 Å². The fourth-order valence-corrected chi connectivity index (χ4v) is 14.3. The first-order valence-electron chi connectivity index (χ1n) is 12.5. The van der Waals surface area contributed by atoms with Gasteiger partial charge in [0.05, 0.1) is 24.4 Å². The normalized spacial score (nSPS) is 80.4. The van der Waals surface area contributed by atoms with Gasteiger partial charge in [-0.1, -0.05) is 0 Å². The highest BCUT2D eigenvalue weighted by Gasteiger charge is 2.82. The first-order chi connectivity index (χ1) is 15.7. The van der Waals surface area contributed by atoms with Crippen molar-refractivity contribution in [2.24, 2.45) is 71.0 Å². The molecule has 0 N–H and O–H groups in total. The molecule has 32 heavy (non-hydrogen) atoms. The molecule has 0 amide bonds. The van der Waals surface area contributed by atoms with Gasteiger partial charge in [0.2, 0.25) is 0 Å². The van der Waals surface area contributed by atoms with Gasteiger partial charge in [0, 0.05) is 0 Å². The molecule has 3 heterocycles. The minimum atomic E-state index is -1.83. The molecule has 11 aliphatic rings. The Kier molecular flexibility index (Phi) is 2.80. The second kappa shape index (κ2) is 5.12. The van der Waals surface area contributed by atoms with Gasteiger partial charge in [0.15, 0.2) is 0 Å². The maximum atomic E-state index is 13.3. The summed E-state index contributed by atoms with van der Waals surface area (Å²) in [5.74, 6) is 4.95. The SMILES string of the molecule is O=S1O[C@@H]2[C@@H]3O[C@@H]4[C@H](OS(=O)O[C@@H]5[C@@H]6O[C@@H]7[C@H](O1)[C@@H]1[C@H]8C[C@H]([C@H]51)[C@@H]6[C@@H]87)[C@@H]1[C@H]5C[C@H]([C@@H]21)[C@@H]3[C@@H]54. The van der Waals surface area contributed by atoms with Gasteiger partial charge in [-0.25, -0.2) is 0 Å². The van der Waals surface area contributed by atoms with Crippen molar-refractivity contribution >= 4 is 22.7 Å². The summed E-state index contributed by atoms with van der Waals surface area (Å²) in [4.78, 5) is 0. The summed E-state index contributed by atoms with van der Waals surface area (Å²) < 4.78 is 64.6. The summed E-state index contributed by atoms with van der Waals surface area (Å²) >= 11 is -3.65. The highest BCUT2D eigenvalue weighted by molar-refractivity contribution is 7.75. The van der Waals surface area contributed by atoms with E-state index in [1.807, 2.05) is 0 Å². The lowest BCUT2D eigenvalue weighted by molar-refractivity contribution is -0.0586. The predicted molar refractivity (Wildman–Crippen MR) is 104 cm³/mol. The third-order valence-corrected chi connectivity index (χ3v) is 14.1.